The molecule has 1 saturated heterocycles. The standard InChI is InChI=1S/C16H22N2O7S2/c1-9-5-18(16(22)17-15(9)21)12-4-11(27-8-14(20)24-3)10(25-12)6-26-7-13(19)23-2/h5,10-12H,4,6-8H2,1-3H3,(H,17,21,22)/t10-,11+,12-/m1/s1. The van der Waals surface area contributed by atoms with E-state index in [0.717, 1.165) is 0 Å². The molecule has 150 valence electrons. The van der Waals surface area contributed by atoms with Crippen LogP contribution in [0.15, 0.2) is 15.8 Å². The molecular formula is C16H22N2O7S2. The van der Waals surface area contributed by atoms with Gasteiger partial charge in [0.15, 0.2) is 0 Å². The lowest BCUT2D eigenvalue weighted by Crippen LogP contribution is -2.33. The van der Waals surface area contributed by atoms with E-state index in [1.165, 1.54) is 48.5 Å². The van der Waals surface area contributed by atoms with Crippen LogP contribution in [0.2, 0.25) is 0 Å². The topological polar surface area (TPSA) is 117 Å². The van der Waals surface area contributed by atoms with E-state index < -0.39 is 17.5 Å². The number of aryl methyl sites for hydroxylation is 1. The minimum absolute atomic E-state index is 0.0709. The summed E-state index contributed by atoms with van der Waals surface area (Å²) in [5, 5.41) is -0.0709. The van der Waals surface area contributed by atoms with E-state index in [9.17, 15) is 19.2 Å². The second-order valence-electron chi connectivity index (χ2n) is 5.86. The molecule has 2 heterocycles. The van der Waals surface area contributed by atoms with E-state index in [4.69, 9.17) is 4.74 Å². The Hall–Kier alpha value is -1.72. The molecule has 27 heavy (non-hydrogen) atoms. The van der Waals surface area contributed by atoms with Crippen LogP contribution in [-0.4, -0.2) is 64.3 Å². The van der Waals surface area contributed by atoms with E-state index in [1.54, 1.807) is 6.92 Å². The monoisotopic (exact) mass is 418 g/mol. The Balaban J connectivity index is 2.11. The number of esters is 2. The molecule has 1 aliphatic heterocycles. The SMILES string of the molecule is COC(=O)CSC[C@H]1O[C@@H](n2cc(C)c(=O)[nH]c2=O)C[C@@H]1SCC(=O)OC. The average molecular weight is 418 g/mol. The predicted octanol–water partition coefficient (Wildman–Crippen LogP) is 0.314. The largest absolute Gasteiger partial charge is 0.468 e. The number of hydrogen-bond acceptors (Lipinski definition) is 9. The van der Waals surface area contributed by atoms with Gasteiger partial charge in [-0.05, 0) is 6.92 Å². The van der Waals surface area contributed by atoms with Crippen LogP contribution in [0.3, 0.4) is 0 Å². The number of methoxy groups -OCH3 is 2. The van der Waals surface area contributed by atoms with Crippen LogP contribution < -0.4 is 11.2 Å². The summed E-state index contributed by atoms with van der Waals surface area (Å²) in [6, 6.07) is 0. The normalized spacial score (nSPS) is 21.8. The van der Waals surface area contributed by atoms with Gasteiger partial charge in [0.1, 0.15) is 6.23 Å². The first-order chi connectivity index (χ1) is 12.8. The third-order valence-corrected chi connectivity index (χ3v) is 6.34. The molecule has 1 fully saturated rings. The minimum Gasteiger partial charge on any atom is -0.468 e. The molecule has 9 nitrogen and oxygen atoms in total. The first-order valence-electron chi connectivity index (χ1n) is 8.16. The summed E-state index contributed by atoms with van der Waals surface area (Å²) in [4.78, 5) is 48.7. The van der Waals surface area contributed by atoms with Gasteiger partial charge in [-0.25, -0.2) is 4.79 Å². The smallest absolute Gasteiger partial charge is 0.330 e. The molecule has 0 aliphatic carbocycles. The second-order valence-corrected chi connectivity index (χ2v) is 8.12. The van der Waals surface area contributed by atoms with Crippen molar-refractivity contribution in [2.24, 2.45) is 0 Å². The zero-order valence-electron chi connectivity index (χ0n) is 15.3. The lowest BCUT2D eigenvalue weighted by molar-refractivity contribution is -0.138. The summed E-state index contributed by atoms with van der Waals surface area (Å²) in [5.41, 5.74) is -0.577. The van der Waals surface area contributed by atoms with Gasteiger partial charge in [-0.15, -0.1) is 23.5 Å². The third kappa shape index (κ3) is 5.88. The first-order valence-corrected chi connectivity index (χ1v) is 10.4. The van der Waals surface area contributed by atoms with Gasteiger partial charge in [-0.1, -0.05) is 0 Å². The number of thioether (sulfide) groups is 2. The van der Waals surface area contributed by atoms with Crippen LogP contribution in [0.5, 0.6) is 0 Å². The van der Waals surface area contributed by atoms with Gasteiger partial charge in [-0.2, -0.15) is 0 Å². The van der Waals surface area contributed by atoms with Crippen LogP contribution in [0.4, 0.5) is 0 Å². The molecule has 0 unspecified atom stereocenters. The number of aromatic nitrogens is 2. The Morgan fingerprint density at radius 3 is 2.59 bits per heavy atom. The van der Waals surface area contributed by atoms with Crippen molar-refractivity contribution in [1.29, 1.82) is 0 Å². The molecule has 3 atom stereocenters. The highest BCUT2D eigenvalue weighted by Gasteiger charge is 2.37. The molecule has 2 rings (SSSR count). The number of H-pyrrole nitrogens is 1. The van der Waals surface area contributed by atoms with Gasteiger partial charge in [0.05, 0.1) is 31.8 Å². The van der Waals surface area contributed by atoms with E-state index in [-0.39, 0.29) is 34.8 Å². The fourth-order valence-corrected chi connectivity index (χ4v) is 4.76. The van der Waals surface area contributed by atoms with Crippen molar-refractivity contribution in [3.63, 3.8) is 0 Å². The maximum atomic E-state index is 12.1. The third-order valence-electron chi connectivity index (χ3n) is 4.01. The molecule has 0 amide bonds. The van der Waals surface area contributed by atoms with E-state index in [0.29, 0.717) is 17.7 Å². The maximum absolute atomic E-state index is 12.1. The molecule has 1 aromatic rings. The van der Waals surface area contributed by atoms with E-state index >= 15 is 0 Å². The van der Waals surface area contributed by atoms with Crippen LogP contribution in [0, 0.1) is 6.92 Å². The van der Waals surface area contributed by atoms with Crippen molar-refractivity contribution in [2.45, 2.75) is 30.9 Å². The summed E-state index contributed by atoms with van der Waals surface area (Å²) in [6.07, 6.45) is 1.11. The summed E-state index contributed by atoms with van der Waals surface area (Å²) in [5.74, 6) is 0.172. The molecule has 0 spiro atoms. The van der Waals surface area contributed by atoms with Crippen LogP contribution >= 0.6 is 23.5 Å². The number of carbonyl (C=O) groups is 2. The van der Waals surface area contributed by atoms with Crippen molar-refractivity contribution in [3.8, 4) is 0 Å². The van der Waals surface area contributed by atoms with Crippen molar-refractivity contribution in [2.75, 3.05) is 31.5 Å². The van der Waals surface area contributed by atoms with Gasteiger partial charge >= 0.3 is 17.6 Å². The summed E-state index contributed by atoms with van der Waals surface area (Å²) in [6.45, 7) is 1.61. The molecule has 1 N–H and O–H groups in total. The van der Waals surface area contributed by atoms with Gasteiger partial charge in [-0.3, -0.25) is 23.9 Å². The number of rotatable bonds is 8. The minimum atomic E-state index is -0.563. The number of carbonyl (C=O) groups excluding carboxylic acids is 2. The molecule has 1 aliphatic rings. The molecule has 11 heteroatoms. The second kappa shape index (κ2) is 10.00. The number of aromatic amines is 1. The number of ether oxygens (including phenoxy) is 3. The summed E-state index contributed by atoms with van der Waals surface area (Å²) < 4.78 is 16.7. The van der Waals surface area contributed by atoms with Crippen molar-refractivity contribution in [1.82, 2.24) is 9.55 Å². The van der Waals surface area contributed by atoms with Gasteiger partial charge < -0.3 is 14.2 Å². The van der Waals surface area contributed by atoms with Gasteiger partial charge in [0.2, 0.25) is 0 Å². The Labute approximate surface area is 164 Å². The number of nitrogens with one attached hydrogen (secondary N) is 1. The lowest BCUT2D eigenvalue weighted by atomic mass is 10.2. The van der Waals surface area contributed by atoms with Gasteiger partial charge in [0, 0.05) is 29.2 Å². The fraction of sp³-hybridized carbons (Fsp3) is 0.625. The van der Waals surface area contributed by atoms with Crippen LogP contribution in [-0.2, 0) is 23.8 Å². The molecule has 0 saturated carbocycles. The van der Waals surface area contributed by atoms with Crippen LogP contribution in [0.1, 0.15) is 18.2 Å². The Kier molecular flexibility index (Phi) is 7.99. The number of hydrogen-bond donors (Lipinski definition) is 1. The first kappa shape index (κ1) is 21.6. The van der Waals surface area contributed by atoms with E-state index in [1.807, 2.05) is 0 Å². The summed E-state index contributed by atoms with van der Waals surface area (Å²) in [7, 11) is 2.65. The van der Waals surface area contributed by atoms with E-state index in [2.05, 4.69) is 14.5 Å². The molecular weight excluding hydrogens is 396 g/mol. The lowest BCUT2D eigenvalue weighted by Gasteiger charge is -2.17. The number of nitrogens with zero attached hydrogens (tertiary/aromatic N) is 1. The highest BCUT2D eigenvalue weighted by Crippen LogP contribution is 2.37. The van der Waals surface area contributed by atoms with Crippen molar-refractivity contribution < 1.29 is 23.8 Å². The van der Waals surface area contributed by atoms with Gasteiger partial charge in [0.25, 0.3) is 5.56 Å². The summed E-state index contributed by atoms with van der Waals surface area (Å²) >= 11 is 2.74. The zero-order chi connectivity index (χ0) is 20.0. The molecule has 0 radical (unpaired) electrons. The molecule has 0 aromatic carbocycles. The highest BCUT2D eigenvalue weighted by atomic mass is 32.2. The highest BCUT2D eigenvalue weighted by molar-refractivity contribution is 8.01. The Morgan fingerprint density at radius 2 is 1.93 bits per heavy atom. The maximum Gasteiger partial charge on any atom is 0.330 e. The quantitative estimate of drug-likeness (QED) is 0.595. The Bertz CT molecular complexity index is 792. The zero-order valence-corrected chi connectivity index (χ0v) is 16.9. The van der Waals surface area contributed by atoms with Crippen LogP contribution in [0.25, 0.3) is 0 Å². The van der Waals surface area contributed by atoms with Crippen molar-refractivity contribution >= 4 is 35.5 Å². The molecule has 1 aromatic heterocycles. The predicted molar refractivity (Wildman–Crippen MR) is 102 cm³/mol. The fourth-order valence-electron chi connectivity index (χ4n) is 2.55. The Morgan fingerprint density at radius 1 is 1.26 bits per heavy atom. The van der Waals surface area contributed by atoms with Crippen molar-refractivity contribution in [3.05, 3.63) is 32.6 Å². The molecule has 0 bridgehead atoms. The average Bonchev–Trinajstić information content (AvgIpc) is 3.05.